The average Bonchev–Trinajstić information content (AvgIpc) is 2.63. The number of hydrogen-bond acceptors (Lipinski definition) is 3. The van der Waals surface area contributed by atoms with Crippen LogP contribution in [0.4, 0.5) is 0 Å². The lowest BCUT2D eigenvalue weighted by molar-refractivity contribution is -0.131. The maximum Gasteiger partial charge on any atom is 0.163 e. The molecule has 0 N–H and O–H groups in total. The highest BCUT2D eigenvalue weighted by Gasteiger charge is 2.33. The molecule has 1 unspecified atom stereocenters. The van der Waals surface area contributed by atoms with Crippen LogP contribution in [0.1, 0.15) is 54.4 Å². The van der Waals surface area contributed by atoms with E-state index in [-0.39, 0.29) is 23.3 Å². The fourth-order valence-electron chi connectivity index (χ4n) is 2.40. The largest absolute Gasteiger partial charge is 0.372 e. The van der Waals surface area contributed by atoms with Gasteiger partial charge < -0.3 is 4.74 Å². The summed E-state index contributed by atoms with van der Waals surface area (Å²) in [7, 11) is 0. The first-order chi connectivity index (χ1) is 8.12. The molecule has 0 bridgehead atoms. The highest BCUT2D eigenvalue weighted by molar-refractivity contribution is 5.84. The van der Waals surface area contributed by atoms with Gasteiger partial charge in [0.25, 0.3) is 0 Å². The summed E-state index contributed by atoms with van der Waals surface area (Å²) >= 11 is 0. The fraction of sp³-hybridized carbons (Fsp3) is 0.933. The predicted octanol–water partition coefficient (Wildman–Crippen LogP) is 2.88. The zero-order chi connectivity index (χ0) is 14.0. The van der Waals surface area contributed by atoms with Crippen LogP contribution >= 0.6 is 0 Å². The molecule has 0 aromatic heterocycles. The Balaban J connectivity index is 2.38. The van der Waals surface area contributed by atoms with Crippen LogP contribution in [0.3, 0.4) is 0 Å². The second kappa shape index (κ2) is 5.70. The van der Waals surface area contributed by atoms with Crippen LogP contribution in [-0.2, 0) is 9.53 Å². The zero-order valence-electron chi connectivity index (χ0n) is 12.9. The summed E-state index contributed by atoms with van der Waals surface area (Å²) < 4.78 is 5.64. The van der Waals surface area contributed by atoms with E-state index in [9.17, 15) is 4.79 Å². The van der Waals surface area contributed by atoms with Crippen LogP contribution < -0.4 is 0 Å². The van der Waals surface area contributed by atoms with Gasteiger partial charge in [-0.1, -0.05) is 20.8 Å². The summed E-state index contributed by atoms with van der Waals surface area (Å²) in [5, 5.41) is 0. The van der Waals surface area contributed by atoms with Gasteiger partial charge in [-0.05, 0) is 40.2 Å². The Kier molecular flexibility index (Phi) is 4.96. The minimum absolute atomic E-state index is 0.183. The van der Waals surface area contributed by atoms with Crippen molar-refractivity contribution >= 4 is 5.78 Å². The zero-order valence-corrected chi connectivity index (χ0v) is 12.9. The van der Waals surface area contributed by atoms with Gasteiger partial charge in [-0.3, -0.25) is 9.69 Å². The Bertz CT molecular complexity index is 286. The SMILES string of the molecule is CC(C)(C)C(=O)COCC1CCCN1C(C)(C)C. The number of hydrogen-bond donors (Lipinski definition) is 0. The van der Waals surface area contributed by atoms with Crippen molar-refractivity contribution in [1.29, 1.82) is 0 Å². The Labute approximate surface area is 112 Å². The Morgan fingerprint density at radius 1 is 1.22 bits per heavy atom. The first-order valence-electron chi connectivity index (χ1n) is 7.00. The molecule has 1 rings (SSSR count). The van der Waals surface area contributed by atoms with Crippen LogP contribution in [0, 0.1) is 5.41 Å². The first kappa shape index (κ1) is 15.6. The van der Waals surface area contributed by atoms with Crippen molar-refractivity contribution in [3.8, 4) is 0 Å². The molecule has 0 radical (unpaired) electrons. The van der Waals surface area contributed by atoms with E-state index in [0.717, 1.165) is 6.54 Å². The molecule has 0 spiro atoms. The topological polar surface area (TPSA) is 29.5 Å². The Morgan fingerprint density at radius 2 is 1.83 bits per heavy atom. The molecule has 0 saturated carbocycles. The molecule has 1 fully saturated rings. The number of carbonyl (C=O) groups excluding carboxylic acids is 1. The van der Waals surface area contributed by atoms with Gasteiger partial charge >= 0.3 is 0 Å². The maximum atomic E-state index is 11.8. The number of Topliss-reactive ketones (excluding diaryl/α,β-unsaturated/α-hetero) is 1. The lowest BCUT2D eigenvalue weighted by atomic mass is 9.91. The lowest BCUT2D eigenvalue weighted by Crippen LogP contribution is -2.46. The van der Waals surface area contributed by atoms with Crippen LogP contribution in [-0.4, -0.2) is 42.0 Å². The van der Waals surface area contributed by atoms with Gasteiger partial charge in [-0.25, -0.2) is 0 Å². The summed E-state index contributed by atoms with van der Waals surface area (Å²) in [6.45, 7) is 14.6. The minimum Gasteiger partial charge on any atom is -0.372 e. The third kappa shape index (κ3) is 4.36. The number of ketones is 1. The maximum absolute atomic E-state index is 11.8. The first-order valence-corrected chi connectivity index (χ1v) is 7.00. The molecule has 106 valence electrons. The van der Waals surface area contributed by atoms with Crippen LogP contribution in [0.25, 0.3) is 0 Å². The van der Waals surface area contributed by atoms with E-state index < -0.39 is 0 Å². The van der Waals surface area contributed by atoms with Gasteiger partial charge in [-0.2, -0.15) is 0 Å². The quantitative estimate of drug-likeness (QED) is 0.773. The number of carbonyl (C=O) groups is 1. The van der Waals surface area contributed by atoms with Gasteiger partial charge in [0.05, 0.1) is 6.61 Å². The molecule has 3 heteroatoms. The third-order valence-corrected chi connectivity index (χ3v) is 3.62. The number of nitrogens with zero attached hydrogens (tertiary/aromatic N) is 1. The van der Waals surface area contributed by atoms with E-state index in [0.29, 0.717) is 12.6 Å². The highest BCUT2D eigenvalue weighted by atomic mass is 16.5. The summed E-state index contributed by atoms with van der Waals surface area (Å²) in [6.07, 6.45) is 2.42. The van der Waals surface area contributed by atoms with E-state index in [1.165, 1.54) is 12.8 Å². The number of likely N-dealkylation sites (tertiary alicyclic amines) is 1. The van der Waals surface area contributed by atoms with Crippen molar-refractivity contribution in [3.63, 3.8) is 0 Å². The molecule has 3 nitrogen and oxygen atoms in total. The van der Waals surface area contributed by atoms with Crippen molar-refractivity contribution < 1.29 is 9.53 Å². The van der Waals surface area contributed by atoms with Crippen molar-refractivity contribution in [2.45, 2.75) is 66.0 Å². The minimum atomic E-state index is -0.292. The van der Waals surface area contributed by atoms with Crippen LogP contribution in [0.5, 0.6) is 0 Å². The number of ether oxygens (including phenoxy) is 1. The molecule has 1 saturated heterocycles. The average molecular weight is 255 g/mol. The Morgan fingerprint density at radius 3 is 2.33 bits per heavy atom. The van der Waals surface area contributed by atoms with E-state index in [1.807, 2.05) is 20.8 Å². The molecular formula is C15H29NO2. The number of rotatable bonds is 4. The third-order valence-electron chi connectivity index (χ3n) is 3.62. The molecule has 0 aromatic rings. The van der Waals surface area contributed by atoms with E-state index >= 15 is 0 Å². The normalized spacial score (nSPS) is 22.4. The van der Waals surface area contributed by atoms with Gasteiger partial charge in [0.1, 0.15) is 6.61 Å². The second-order valence-electron chi connectivity index (χ2n) is 7.35. The van der Waals surface area contributed by atoms with E-state index in [2.05, 4.69) is 25.7 Å². The second-order valence-corrected chi connectivity index (χ2v) is 7.35. The van der Waals surface area contributed by atoms with Crippen molar-refractivity contribution in [2.75, 3.05) is 19.8 Å². The lowest BCUT2D eigenvalue weighted by Gasteiger charge is -2.36. The molecule has 1 atom stereocenters. The van der Waals surface area contributed by atoms with Gasteiger partial charge in [0, 0.05) is 17.0 Å². The van der Waals surface area contributed by atoms with Gasteiger partial charge in [0.2, 0.25) is 0 Å². The summed E-state index contributed by atoms with van der Waals surface area (Å²) in [4.78, 5) is 14.3. The monoisotopic (exact) mass is 255 g/mol. The van der Waals surface area contributed by atoms with Gasteiger partial charge in [-0.15, -0.1) is 0 Å². The van der Waals surface area contributed by atoms with E-state index in [4.69, 9.17) is 4.74 Å². The molecule has 0 aliphatic carbocycles. The molecule has 18 heavy (non-hydrogen) atoms. The Hall–Kier alpha value is -0.410. The summed E-state index contributed by atoms with van der Waals surface area (Å²) in [5.41, 5.74) is -0.0993. The van der Waals surface area contributed by atoms with Crippen LogP contribution in [0.15, 0.2) is 0 Å². The molecule has 1 aliphatic heterocycles. The van der Waals surface area contributed by atoms with Crippen molar-refractivity contribution in [1.82, 2.24) is 4.90 Å². The van der Waals surface area contributed by atoms with Gasteiger partial charge in [0.15, 0.2) is 5.78 Å². The van der Waals surface area contributed by atoms with Crippen LogP contribution in [0.2, 0.25) is 0 Å². The fourth-order valence-corrected chi connectivity index (χ4v) is 2.40. The molecule has 0 amide bonds. The standard InChI is InChI=1S/C15H29NO2/c1-14(2,3)13(17)11-18-10-12-8-7-9-16(12)15(4,5)6/h12H,7-11H2,1-6H3. The molecule has 1 aliphatic rings. The highest BCUT2D eigenvalue weighted by Crippen LogP contribution is 2.26. The van der Waals surface area contributed by atoms with Crippen molar-refractivity contribution in [2.24, 2.45) is 5.41 Å². The summed E-state index contributed by atoms with van der Waals surface area (Å²) in [6, 6.07) is 0.470. The van der Waals surface area contributed by atoms with Crippen molar-refractivity contribution in [3.05, 3.63) is 0 Å². The smallest absolute Gasteiger partial charge is 0.163 e. The molecule has 1 heterocycles. The molecular weight excluding hydrogens is 226 g/mol. The summed E-state index contributed by atoms with van der Waals surface area (Å²) in [5.74, 6) is 0.183. The van der Waals surface area contributed by atoms with E-state index in [1.54, 1.807) is 0 Å². The molecule has 0 aromatic carbocycles. The predicted molar refractivity (Wildman–Crippen MR) is 74.8 cm³/mol.